The fraction of sp³-hybridized carbons (Fsp3) is 0.200. The molecule has 110 valence electrons. The van der Waals surface area contributed by atoms with Gasteiger partial charge in [-0.2, -0.15) is 4.31 Å². The molecule has 0 atom stereocenters. The van der Waals surface area contributed by atoms with Crippen LogP contribution in [-0.4, -0.2) is 25.8 Å². The van der Waals surface area contributed by atoms with Crippen LogP contribution in [0.2, 0.25) is 0 Å². The summed E-state index contributed by atoms with van der Waals surface area (Å²) in [5, 5.41) is 1.78. The molecule has 0 spiro atoms. The first kappa shape index (κ1) is 15.0. The number of benzene rings is 1. The standard InChI is InChI=1S/C15H14BrNO2S2/c16-14-8-11-20-15(14)21(18,19)17-9-6-13(7-10-17)12-4-2-1-3-5-12/h1-6,8,11H,7,9-10H2. The number of halogens is 1. The lowest BCUT2D eigenvalue weighted by molar-refractivity contribution is 0.442. The van der Waals surface area contributed by atoms with E-state index in [0.29, 0.717) is 21.8 Å². The zero-order valence-electron chi connectivity index (χ0n) is 11.2. The van der Waals surface area contributed by atoms with Gasteiger partial charge in [0.05, 0.1) is 0 Å². The van der Waals surface area contributed by atoms with E-state index in [0.717, 1.165) is 6.42 Å². The fourth-order valence-corrected chi connectivity index (χ4v) is 6.19. The normalized spacial score (nSPS) is 16.7. The van der Waals surface area contributed by atoms with Crippen LogP contribution >= 0.6 is 27.3 Å². The first-order chi connectivity index (χ1) is 10.1. The van der Waals surface area contributed by atoms with E-state index >= 15 is 0 Å². The second-order valence-electron chi connectivity index (χ2n) is 4.76. The topological polar surface area (TPSA) is 37.4 Å². The van der Waals surface area contributed by atoms with Crippen LogP contribution in [0.1, 0.15) is 12.0 Å². The molecule has 0 aliphatic carbocycles. The molecule has 1 aliphatic heterocycles. The average molecular weight is 384 g/mol. The summed E-state index contributed by atoms with van der Waals surface area (Å²) < 4.78 is 27.7. The highest BCUT2D eigenvalue weighted by atomic mass is 79.9. The fourth-order valence-electron chi connectivity index (χ4n) is 2.36. The summed E-state index contributed by atoms with van der Waals surface area (Å²) in [4.78, 5) is 0. The molecule has 1 aliphatic rings. The summed E-state index contributed by atoms with van der Waals surface area (Å²) >= 11 is 4.56. The Kier molecular flexibility index (Phi) is 4.31. The molecule has 3 rings (SSSR count). The predicted octanol–water partition coefficient (Wildman–Crippen LogP) is 3.99. The largest absolute Gasteiger partial charge is 0.253 e. The van der Waals surface area contributed by atoms with Gasteiger partial charge in [-0.05, 0) is 44.9 Å². The lowest BCUT2D eigenvalue weighted by Gasteiger charge is -2.25. The summed E-state index contributed by atoms with van der Waals surface area (Å²) in [7, 11) is -3.39. The van der Waals surface area contributed by atoms with Gasteiger partial charge in [0.15, 0.2) is 0 Å². The minimum atomic E-state index is -3.39. The number of hydrogen-bond acceptors (Lipinski definition) is 3. The monoisotopic (exact) mass is 383 g/mol. The van der Waals surface area contributed by atoms with Gasteiger partial charge >= 0.3 is 0 Å². The van der Waals surface area contributed by atoms with Gasteiger partial charge in [-0.15, -0.1) is 11.3 Å². The maximum atomic E-state index is 12.6. The van der Waals surface area contributed by atoms with E-state index in [2.05, 4.69) is 28.1 Å². The highest BCUT2D eigenvalue weighted by molar-refractivity contribution is 9.10. The Labute approximate surface area is 137 Å². The molecule has 21 heavy (non-hydrogen) atoms. The Balaban J connectivity index is 1.83. The molecule has 0 radical (unpaired) electrons. The van der Waals surface area contributed by atoms with Gasteiger partial charge in [-0.1, -0.05) is 36.4 Å². The predicted molar refractivity (Wildman–Crippen MR) is 89.8 cm³/mol. The van der Waals surface area contributed by atoms with Crippen molar-refractivity contribution in [3.8, 4) is 0 Å². The summed E-state index contributed by atoms with van der Waals surface area (Å²) in [6.07, 6.45) is 2.75. The Hall–Kier alpha value is -0.950. The smallest absolute Gasteiger partial charge is 0.206 e. The van der Waals surface area contributed by atoms with E-state index < -0.39 is 10.0 Å². The molecule has 0 saturated heterocycles. The van der Waals surface area contributed by atoms with E-state index in [1.54, 1.807) is 11.4 Å². The van der Waals surface area contributed by atoms with Gasteiger partial charge < -0.3 is 0 Å². The van der Waals surface area contributed by atoms with Crippen molar-refractivity contribution in [2.75, 3.05) is 13.1 Å². The molecule has 0 bridgehead atoms. The SMILES string of the molecule is O=S(=O)(c1sccc1Br)N1CC=C(c2ccccc2)CC1. The third-order valence-corrected chi connectivity index (χ3v) is 7.99. The van der Waals surface area contributed by atoms with Crippen molar-refractivity contribution in [2.24, 2.45) is 0 Å². The molecular formula is C15H14BrNO2S2. The van der Waals surface area contributed by atoms with Crippen LogP contribution < -0.4 is 0 Å². The number of thiophene rings is 1. The first-order valence-electron chi connectivity index (χ1n) is 6.56. The molecule has 0 amide bonds. The number of hydrogen-bond donors (Lipinski definition) is 0. The van der Waals surface area contributed by atoms with Crippen LogP contribution in [0.5, 0.6) is 0 Å². The third-order valence-electron chi connectivity index (χ3n) is 3.48. The lowest BCUT2D eigenvalue weighted by Crippen LogP contribution is -2.34. The zero-order valence-corrected chi connectivity index (χ0v) is 14.4. The van der Waals surface area contributed by atoms with Gasteiger partial charge in [0.25, 0.3) is 10.0 Å². The van der Waals surface area contributed by atoms with Crippen LogP contribution in [-0.2, 0) is 10.0 Å². The van der Waals surface area contributed by atoms with Crippen LogP contribution in [0.4, 0.5) is 0 Å². The van der Waals surface area contributed by atoms with Crippen molar-refractivity contribution in [3.63, 3.8) is 0 Å². The van der Waals surface area contributed by atoms with Crippen molar-refractivity contribution in [3.05, 3.63) is 57.9 Å². The summed E-state index contributed by atoms with van der Waals surface area (Å²) in [5.74, 6) is 0. The quantitative estimate of drug-likeness (QED) is 0.803. The van der Waals surface area contributed by atoms with E-state index in [1.807, 2.05) is 24.3 Å². The van der Waals surface area contributed by atoms with Gasteiger partial charge in [-0.25, -0.2) is 8.42 Å². The summed E-state index contributed by atoms with van der Waals surface area (Å²) in [5.41, 5.74) is 2.39. The molecule has 0 N–H and O–H groups in total. The van der Waals surface area contributed by atoms with Crippen LogP contribution in [0.3, 0.4) is 0 Å². The second-order valence-corrected chi connectivity index (χ2v) is 8.67. The molecule has 0 fully saturated rings. The van der Waals surface area contributed by atoms with E-state index in [9.17, 15) is 8.42 Å². The molecule has 1 aromatic carbocycles. The molecule has 2 heterocycles. The average Bonchev–Trinajstić information content (AvgIpc) is 2.95. The van der Waals surface area contributed by atoms with Crippen LogP contribution in [0.15, 0.2) is 56.5 Å². The summed E-state index contributed by atoms with van der Waals surface area (Å²) in [6.45, 7) is 0.949. The minimum absolute atomic E-state index is 0.388. The molecule has 6 heteroatoms. The lowest BCUT2D eigenvalue weighted by atomic mass is 10.0. The van der Waals surface area contributed by atoms with Crippen molar-refractivity contribution in [1.29, 1.82) is 0 Å². The Morgan fingerprint density at radius 3 is 2.48 bits per heavy atom. The Bertz CT molecular complexity index is 766. The van der Waals surface area contributed by atoms with Crippen LogP contribution in [0, 0.1) is 0 Å². The molecule has 0 unspecified atom stereocenters. The first-order valence-corrected chi connectivity index (χ1v) is 9.68. The zero-order chi connectivity index (χ0) is 14.9. The van der Waals surface area contributed by atoms with Gasteiger partial charge in [0, 0.05) is 17.6 Å². The number of nitrogens with zero attached hydrogens (tertiary/aromatic N) is 1. The Morgan fingerprint density at radius 1 is 1.14 bits per heavy atom. The highest BCUT2D eigenvalue weighted by Crippen LogP contribution is 2.32. The molecule has 2 aromatic rings. The highest BCUT2D eigenvalue weighted by Gasteiger charge is 2.29. The molecule has 3 nitrogen and oxygen atoms in total. The molecular weight excluding hydrogens is 370 g/mol. The van der Waals surface area contributed by atoms with E-state index in [1.165, 1.54) is 26.8 Å². The van der Waals surface area contributed by atoms with Crippen molar-refractivity contribution in [2.45, 2.75) is 10.6 Å². The van der Waals surface area contributed by atoms with Gasteiger partial charge in [0.1, 0.15) is 4.21 Å². The maximum Gasteiger partial charge on any atom is 0.253 e. The van der Waals surface area contributed by atoms with E-state index in [4.69, 9.17) is 0 Å². The minimum Gasteiger partial charge on any atom is -0.206 e. The van der Waals surface area contributed by atoms with Crippen molar-refractivity contribution < 1.29 is 8.42 Å². The van der Waals surface area contributed by atoms with Gasteiger partial charge in [0.2, 0.25) is 0 Å². The van der Waals surface area contributed by atoms with Crippen molar-refractivity contribution in [1.82, 2.24) is 4.31 Å². The number of sulfonamides is 1. The van der Waals surface area contributed by atoms with Gasteiger partial charge in [-0.3, -0.25) is 0 Å². The second kappa shape index (κ2) is 6.04. The summed E-state index contributed by atoms with van der Waals surface area (Å²) in [6, 6.07) is 11.9. The molecule has 1 aromatic heterocycles. The Morgan fingerprint density at radius 2 is 1.90 bits per heavy atom. The molecule has 0 saturated carbocycles. The third kappa shape index (κ3) is 2.99. The van der Waals surface area contributed by atoms with E-state index in [-0.39, 0.29) is 0 Å². The van der Waals surface area contributed by atoms with Crippen molar-refractivity contribution >= 4 is 42.9 Å². The number of rotatable bonds is 3. The maximum absolute atomic E-state index is 12.6. The van der Waals surface area contributed by atoms with Crippen LogP contribution in [0.25, 0.3) is 5.57 Å².